The maximum Gasteiger partial charge on any atom is 0.0648 e. The Bertz CT molecular complexity index is 381. The van der Waals surface area contributed by atoms with Crippen molar-refractivity contribution in [3.63, 3.8) is 0 Å². The van der Waals surface area contributed by atoms with Gasteiger partial charge in [-0.1, -0.05) is 23.7 Å². The van der Waals surface area contributed by atoms with Gasteiger partial charge in [0.2, 0.25) is 0 Å². The number of rotatable bonds is 2. The summed E-state index contributed by atoms with van der Waals surface area (Å²) in [5, 5.41) is 10.1. The number of ether oxygens (including phenoxy) is 1. The smallest absolute Gasteiger partial charge is 0.0648 e. The average Bonchev–Trinajstić information content (AvgIpc) is 2.55. The molecule has 0 bridgehead atoms. The molecular formula is C13H15ClO2. The van der Waals surface area contributed by atoms with Gasteiger partial charge in [0, 0.05) is 5.02 Å². The van der Waals surface area contributed by atoms with Crippen LogP contribution in [0.3, 0.4) is 0 Å². The van der Waals surface area contributed by atoms with E-state index in [-0.39, 0.29) is 6.61 Å². The Labute approximate surface area is 101 Å². The van der Waals surface area contributed by atoms with Crippen molar-refractivity contribution < 1.29 is 9.84 Å². The van der Waals surface area contributed by atoms with Crippen LogP contribution in [0.25, 0.3) is 5.57 Å². The van der Waals surface area contributed by atoms with Crippen molar-refractivity contribution in [3.05, 3.63) is 40.4 Å². The lowest BCUT2D eigenvalue weighted by Crippen LogP contribution is -1.97. The van der Waals surface area contributed by atoms with Gasteiger partial charge in [-0.05, 0) is 41.7 Å². The molecular weight excluding hydrogens is 224 g/mol. The second-order valence-corrected chi connectivity index (χ2v) is 4.30. The van der Waals surface area contributed by atoms with Crippen LogP contribution < -0.4 is 0 Å². The van der Waals surface area contributed by atoms with Gasteiger partial charge >= 0.3 is 0 Å². The van der Waals surface area contributed by atoms with Gasteiger partial charge in [0.15, 0.2) is 0 Å². The van der Waals surface area contributed by atoms with Crippen molar-refractivity contribution in [2.75, 3.05) is 19.8 Å². The van der Waals surface area contributed by atoms with Gasteiger partial charge in [-0.2, -0.15) is 0 Å². The quantitative estimate of drug-likeness (QED) is 0.859. The molecule has 2 rings (SSSR count). The Morgan fingerprint density at radius 3 is 2.50 bits per heavy atom. The summed E-state index contributed by atoms with van der Waals surface area (Å²) in [6, 6.07) is 7.76. The predicted molar refractivity (Wildman–Crippen MR) is 65.5 cm³/mol. The second kappa shape index (κ2) is 5.48. The molecule has 0 amide bonds. The average molecular weight is 239 g/mol. The van der Waals surface area contributed by atoms with Crippen molar-refractivity contribution in [2.24, 2.45) is 0 Å². The van der Waals surface area contributed by atoms with Gasteiger partial charge in [-0.15, -0.1) is 0 Å². The first-order valence-corrected chi connectivity index (χ1v) is 5.84. The zero-order valence-corrected chi connectivity index (χ0v) is 9.83. The van der Waals surface area contributed by atoms with E-state index in [0.29, 0.717) is 6.61 Å². The molecule has 86 valence electrons. The third-order valence-corrected chi connectivity index (χ3v) is 3.11. The third-order valence-electron chi connectivity index (χ3n) is 2.85. The van der Waals surface area contributed by atoms with Gasteiger partial charge in [-0.3, -0.25) is 0 Å². The van der Waals surface area contributed by atoms with Crippen molar-refractivity contribution in [3.8, 4) is 0 Å². The highest BCUT2D eigenvalue weighted by atomic mass is 35.5. The molecule has 1 heterocycles. The van der Waals surface area contributed by atoms with Gasteiger partial charge < -0.3 is 9.84 Å². The lowest BCUT2D eigenvalue weighted by Gasteiger charge is -2.10. The highest BCUT2D eigenvalue weighted by Gasteiger charge is 2.12. The van der Waals surface area contributed by atoms with Gasteiger partial charge in [0.1, 0.15) is 0 Å². The number of benzene rings is 1. The molecule has 16 heavy (non-hydrogen) atoms. The minimum absolute atomic E-state index is 0.112. The zero-order chi connectivity index (χ0) is 11.4. The highest BCUT2D eigenvalue weighted by molar-refractivity contribution is 6.30. The SMILES string of the molecule is OCC1=C(c2ccc(Cl)cc2)CCOCC1. The molecule has 1 aromatic rings. The van der Waals surface area contributed by atoms with Gasteiger partial charge in [0.05, 0.1) is 19.8 Å². The molecule has 1 aromatic carbocycles. The van der Waals surface area contributed by atoms with E-state index >= 15 is 0 Å². The summed E-state index contributed by atoms with van der Waals surface area (Å²) in [7, 11) is 0. The molecule has 1 aliphatic heterocycles. The van der Waals surface area contributed by atoms with Crippen molar-refractivity contribution in [2.45, 2.75) is 12.8 Å². The maximum atomic E-state index is 9.36. The number of aliphatic hydroxyl groups is 1. The summed E-state index contributed by atoms with van der Waals surface area (Å²) in [6.07, 6.45) is 1.67. The van der Waals surface area contributed by atoms with E-state index in [1.807, 2.05) is 24.3 Å². The topological polar surface area (TPSA) is 29.5 Å². The van der Waals surface area contributed by atoms with Crippen LogP contribution in [0.5, 0.6) is 0 Å². The van der Waals surface area contributed by atoms with E-state index in [2.05, 4.69) is 0 Å². The van der Waals surface area contributed by atoms with Crippen LogP contribution in [-0.2, 0) is 4.74 Å². The molecule has 0 saturated carbocycles. The molecule has 0 saturated heterocycles. The molecule has 1 N–H and O–H groups in total. The first-order valence-electron chi connectivity index (χ1n) is 5.46. The standard InChI is InChI=1S/C13H15ClO2/c14-12-3-1-10(2-4-12)13-6-8-16-7-5-11(13)9-15/h1-4,15H,5-9H2. The van der Waals surface area contributed by atoms with E-state index in [0.717, 1.165) is 35.6 Å². The Balaban J connectivity index is 2.34. The van der Waals surface area contributed by atoms with Crippen molar-refractivity contribution >= 4 is 17.2 Å². The molecule has 0 aromatic heterocycles. The molecule has 0 unspecified atom stereocenters. The highest BCUT2D eigenvalue weighted by Crippen LogP contribution is 2.27. The van der Waals surface area contributed by atoms with Crippen LogP contribution in [-0.4, -0.2) is 24.9 Å². The minimum Gasteiger partial charge on any atom is -0.392 e. The Morgan fingerprint density at radius 1 is 1.12 bits per heavy atom. The van der Waals surface area contributed by atoms with E-state index in [9.17, 15) is 5.11 Å². The van der Waals surface area contributed by atoms with Crippen LogP contribution in [0, 0.1) is 0 Å². The van der Waals surface area contributed by atoms with Crippen LogP contribution in [0.4, 0.5) is 0 Å². The number of hydrogen-bond donors (Lipinski definition) is 1. The van der Waals surface area contributed by atoms with E-state index in [4.69, 9.17) is 16.3 Å². The predicted octanol–water partition coefficient (Wildman–Crippen LogP) is 2.90. The van der Waals surface area contributed by atoms with E-state index in [1.165, 1.54) is 5.57 Å². The molecule has 1 aliphatic rings. The largest absolute Gasteiger partial charge is 0.392 e. The monoisotopic (exact) mass is 238 g/mol. The molecule has 0 fully saturated rings. The summed E-state index contributed by atoms with van der Waals surface area (Å²) >= 11 is 5.86. The lowest BCUT2D eigenvalue weighted by atomic mass is 9.96. The molecule has 0 aliphatic carbocycles. The summed E-state index contributed by atoms with van der Waals surface area (Å²) in [5.41, 5.74) is 3.43. The molecule has 0 atom stereocenters. The van der Waals surface area contributed by atoms with Crippen LogP contribution in [0.1, 0.15) is 18.4 Å². The fourth-order valence-corrected chi connectivity index (χ4v) is 2.10. The van der Waals surface area contributed by atoms with Crippen LogP contribution in [0.15, 0.2) is 29.8 Å². The van der Waals surface area contributed by atoms with Gasteiger partial charge in [0.25, 0.3) is 0 Å². The second-order valence-electron chi connectivity index (χ2n) is 3.86. The van der Waals surface area contributed by atoms with Crippen molar-refractivity contribution in [1.29, 1.82) is 0 Å². The van der Waals surface area contributed by atoms with E-state index < -0.39 is 0 Å². The minimum atomic E-state index is 0.112. The number of hydrogen-bond acceptors (Lipinski definition) is 2. The normalized spacial score (nSPS) is 17.4. The lowest BCUT2D eigenvalue weighted by molar-refractivity contribution is 0.146. The number of aliphatic hydroxyl groups excluding tert-OH is 1. The fourth-order valence-electron chi connectivity index (χ4n) is 1.97. The number of halogens is 1. The van der Waals surface area contributed by atoms with Gasteiger partial charge in [-0.25, -0.2) is 0 Å². The summed E-state index contributed by atoms with van der Waals surface area (Å²) in [5.74, 6) is 0. The zero-order valence-electron chi connectivity index (χ0n) is 9.08. The van der Waals surface area contributed by atoms with Crippen LogP contribution >= 0.6 is 11.6 Å². The molecule has 3 heteroatoms. The fraction of sp³-hybridized carbons (Fsp3) is 0.385. The molecule has 2 nitrogen and oxygen atoms in total. The Morgan fingerprint density at radius 2 is 1.81 bits per heavy atom. The molecule has 0 radical (unpaired) electrons. The first-order chi connectivity index (χ1) is 7.81. The van der Waals surface area contributed by atoms with Crippen molar-refractivity contribution in [1.82, 2.24) is 0 Å². The third kappa shape index (κ3) is 2.64. The van der Waals surface area contributed by atoms with Crippen LogP contribution in [0.2, 0.25) is 5.02 Å². The first kappa shape index (κ1) is 11.6. The Kier molecular flexibility index (Phi) is 3.99. The Hall–Kier alpha value is -0.830. The van der Waals surface area contributed by atoms with E-state index in [1.54, 1.807) is 0 Å². The summed E-state index contributed by atoms with van der Waals surface area (Å²) in [6.45, 7) is 1.54. The summed E-state index contributed by atoms with van der Waals surface area (Å²) in [4.78, 5) is 0. The molecule has 0 spiro atoms. The maximum absolute atomic E-state index is 9.36. The summed E-state index contributed by atoms with van der Waals surface area (Å²) < 4.78 is 5.42.